The SMILES string of the molecule is COc1cccc([C@@H]2O[C@@H](CCOS(C)(=O)=O)c3nnc(C(C)C)n3-c3ccc(Cl)cc32)c1OC. The Hall–Kier alpha value is -2.66. The van der Waals surface area contributed by atoms with E-state index in [0.717, 1.165) is 28.9 Å². The Kier molecular flexibility index (Phi) is 7.37. The molecule has 0 saturated carbocycles. The number of nitrogens with zero attached hydrogens (tertiary/aromatic N) is 3. The van der Waals surface area contributed by atoms with Crippen LogP contribution in [0.1, 0.15) is 61.2 Å². The van der Waals surface area contributed by atoms with Gasteiger partial charge < -0.3 is 14.2 Å². The van der Waals surface area contributed by atoms with Crippen molar-refractivity contribution in [2.45, 2.75) is 38.4 Å². The van der Waals surface area contributed by atoms with Gasteiger partial charge in [0.1, 0.15) is 18.0 Å². The zero-order valence-electron chi connectivity index (χ0n) is 20.2. The van der Waals surface area contributed by atoms with Gasteiger partial charge in [-0.2, -0.15) is 8.42 Å². The molecule has 35 heavy (non-hydrogen) atoms. The van der Waals surface area contributed by atoms with E-state index in [9.17, 15) is 8.42 Å². The predicted octanol–water partition coefficient (Wildman–Crippen LogP) is 4.59. The van der Waals surface area contributed by atoms with Crippen molar-refractivity contribution in [1.82, 2.24) is 14.8 Å². The van der Waals surface area contributed by atoms with E-state index in [1.807, 2.05) is 42.7 Å². The van der Waals surface area contributed by atoms with Crippen molar-refractivity contribution in [1.29, 1.82) is 0 Å². The fraction of sp³-hybridized carbons (Fsp3) is 0.417. The van der Waals surface area contributed by atoms with E-state index >= 15 is 0 Å². The first-order valence-electron chi connectivity index (χ1n) is 11.1. The largest absolute Gasteiger partial charge is 0.493 e. The first-order chi connectivity index (χ1) is 16.6. The summed E-state index contributed by atoms with van der Waals surface area (Å²) in [5.74, 6) is 2.45. The summed E-state index contributed by atoms with van der Waals surface area (Å²) in [7, 11) is -0.476. The molecule has 0 unspecified atom stereocenters. The van der Waals surface area contributed by atoms with Crippen molar-refractivity contribution >= 4 is 21.7 Å². The summed E-state index contributed by atoms with van der Waals surface area (Å²) in [6.45, 7) is 3.98. The molecule has 2 aromatic carbocycles. The highest BCUT2D eigenvalue weighted by atomic mass is 35.5. The van der Waals surface area contributed by atoms with Crippen LogP contribution in [0.25, 0.3) is 5.69 Å². The third-order valence-electron chi connectivity index (χ3n) is 5.72. The van der Waals surface area contributed by atoms with Crippen molar-refractivity contribution in [3.63, 3.8) is 0 Å². The van der Waals surface area contributed by atoms with Crippen LogP contribution in [0.15, 0.2) is 36.4 Å². The number of rotatable bonds is 8. The molecule has 1 aliphatic rings. The third-order valence-corrected chi connectivity index (χ3v) is 6.55. The monoisotopic (exact) mass is 521 g/mol. The molecule has 0 spiro atoms. The van der Waals surface area contributed by atoms with Crippen molar-refractivity contribution in [3.05, 3.63) is 64.2 Å². The number of ether oxygens (including phenoxy) is 3. The van der Waals surface area contributed by atoms with Crippen LogP contribution >= 0.6 is 11.6 Å². The van der Waals surface area contributed by atoms with Crippen LogP contribution < -0.4 is 9.47 Å². The van der Waals surface area contributed by atoms with E-state index in [2.05, 4.69) is 10.2 Å². The minimum Gasteiger partial charge on any atom is -0.493 e. The molecule has 11 heteroatoms. The van der Waals surface area contributed by atoms with E-state index in [1.165, 1.54) is 0 Å². The zero-order chi connectivity index (χ0) is 25.3. The van der Waals surface area contributed by atoms with Gasteiger partial charge >= 0.3 is 0 Å². The molecule has 0 N–H and O–H groups in total. The molecule has 0 fully saturated rings. The van der Waals surface area contributed by atoms with E-state index in [1.54, 1.807) is 26.4 Å². The highest BCUT2D eigenvalue weighted by Gasteiger charge is 2.36. The van der Waals surface area contributed by atoms with Gasteiger partial charge in [-0.1, -0.05) is 37.6 Å². The Morgan fingerprint density at radius 1 is 1.11 bits per heavy atom. The lowest BCUT2D eigenvalue weighted by atomic mass is 9.98. The van der Waals surface area contributed by atoms with Gasteiger partial charge in [-0.3, -0.25) is 8.75 Å². The molecule has 1 aromatic heterocycles. The molecule has 3 aromatic rings. The minimum atomic E-state index is -3.62. The number of methoxy groups -OCH3 is 2. The van der Waals surface area contributed by atoms with Crippen LogP contribution in [-0.2, 0) is 19.0 Å². The molecule has 2 heterocycles. The Morgan fingerprint density at radius 2 is 1.89 bits per heavy atom. The lowest BCUT2D eigenvalue weighted by Gasteiger charge is -2.25. The van der Waals surface area contributed by atoms with Gasteiger partial charge in [-0.05, 0) is 24.3 Å². The van der Waals surface area contributed by atoms with Gasteiger partial charge in [-0.15, -0.1) is 10.2 Å². The Bertz CT molecular complexity index is 1320. The van der Waals surface area contributed by atoms with E-state index < -0.39 is 22.3 Å². The number of benzene rings is 2. The fourth-order valence-electron chi connectivity index (χ4n) is 4.24. The average Bonchev–Trinajstić information content (AvgIpc) is 3.20. The molecule has 1 aliphatic heterocycles. The first-order valence-corrected chi connectivity index (χ1v) is 13.3. The third kappa shape index (κ3) is 5.16. The summed E-state index contributed by atoms with van der Waals surface area (Å²) in [4.78, 5) is 0. The predicted molar refractivity (Wildman–Crippen MR) is 131 cm³/mol. The molecule has 4 rings (SSSR count). The highest BCUT2D eigenvalue weighted by Crippen LogP contribution is 2.46. The summed E-state index contributed by atoms with van der Waals surface area (Å²) in [5.41, 5.74) is 2.34. The van der Waals surface area contributed by atoms with E-state index in [0.29, 0.717) is 22.3 Å². The maximum absolute atomic E-state index is 11.6. The number of para-hydroxylation sites is 1. The molecule has 9 nitrogen and oxygen atoms in total. The molecular weight excluding hydrogens is 494 g/mol. The number of hydrogen-bond donors (Lipinski definition) is 0. The molecule has 0 amide bonds. The Labute approximate surface area is 210 Å². The first kappa shape index (κ1) is 25.4. The molecule has 0 aliphatic carbocycles. The van der Waals surface area contributed by atoms with Gasteiger partial charge in [0.2, 0.25) is 0 Å². The Balaban J connectivity index is 1.93. The minimum absolute atomic E-state index is 0.0654. The topological polar surface area (TPSA) is 102 Å². The molecule has 0 bridgehead atoms. The molecule has 0 saturated heterocycles. The summed E-state index contributed by atoms with van der Waals surface area (Å²) < 4.78 is 48.1. The molecule has 2 atom stereocenters. The number of halogens is 1. The van der Waals surface area contributed by atoms with Gasteiger partial charge in [0, 0.05) is 28.5 Å². The van der Waals surface area contributed by atoms with Crippen molar-refractivity contribution in [3.8, 4) is 17.2 Å². The summed E-state index contributed by atoms with van der Waals surface area (Å²) in [6, 6.07) is 11.1. The normalized spacial score (nSPS) is 17.6. The number of hydrogen-bond acceptors (Lipinski definition) is 8. The molecule has 0 radical (unpaired) electrons. The van der Waals surface area contributed by atoms with Crippen LogP contribution in [-0.4, -0.2) is 50.3 Å². The van der Waals surface area contributed by atoms with Crippen LogP contribution in [0.4, 0.5) is 0 Å². The van der Waals surface area contributed by atoms with E-state index in [4.69, 9.17) is 30.0 Å². The number of fused-ring (bicyclic) bond motifs is 3. The van der Waals surface area contributed by atoms with E-state index in [-0.39, 0.29) is 18.9 Å². The van der Waals surface area contributed by atoms with Gasteiger partial charge in [0.15, 0.2) is 17.3 Å². The molecule has 188 valence electrons. The van der Waals surface area contributed by atoms with Gasteiger partial charge in [0.25, 0.3) is 10.1 Å². The van der Waals surface area contributed by atoms with Crippen molar-refractivity contribution in [2.75, 3.05) is 27.1 Å². The van der Waals surface area contributed by atoms with Crippen LogP contribution in [0.3, 0.4) is 0 Å². The van der Waals surface area contributed by atoms with Crippen LogP contribution in [0.2, 0.25) is 5.02 Å². The summed E-state index contributed by atoms with van der Waals surface area (Å²) >= 11 is 6.45. The lowest BCUT2D eigenvalue weighted by Crippen LogP contribution is -2.15. The van der Waals surface area contributed by atoms with Crippen molar-refractivity contribution < 1.29 is 26.8 Å². The number of aromatic nitrogens is 3. The Morgan fingerprint density at radius 3 is 2.54 bits per heavy atom. The zero-order valence-corrected chi connectivity index (χ0v) is 21.8. The second-order valence-electron chi connectivity index (χ2n) is 8.51. The fourth-order valence-corrected chi connectivity index (χ4v) is 4.82. The second kappa shape index (κ2) is 10.1. The summed E-state index contributed by atoms with van der Waals surface area (Å²) in [6.07, 6.45) is -0.0156. The molecular formula is C24H28ClN3O6S. The maximum Gasteiger partial charge on any atom is 0.264 e. The van der Waals surface area contributed by atoms with Crippen molar-refractivity contribution in [2.24, 2.45) is 0 Å². The summed E-state index contributed by atoms with van der Waals surface area (Å²) in [5, 5.41) is 9.42. The quantitative estimate of drug-likeness (QED) is 0.397. The smallest absolute Gasteiger partial charge is 0.264 e. The maximum atomic E-state index is 11.6. The van der Waals surface area contributed by atoms with Crippen LogP contribution in [0.5, 0.6) is 11.5 Å². The highest BCUT2D eigenvalue weighted by molar-refractivity contribution is 7.85. The second-order valence-corrected chi connectivity index (χ2v) is 10.6. The lowest BCUT2D eigenvalue weighted by molar-refractivity contribution is -0.00769. The van der Waals surface area contributed by atoms with Gasteiger partial charge in [0.05, 0.1) is 32.8 Å². The average molecular weight is 522 g/mol. The van der Waals surface area contributed by atoms with Gasteiger partial charge in [-0.25, -0.2) is 0 Å². The van der Waals surface area contributed by atoms with Crippen LogP contribution in [0, 0.1) is 0 Å². The standard InChI is InChI=1S/C24H28ClN3O6S/c1-14(2)23-26-27-24-20(11-12-33-35(5,29)30)34-21(16-7-6-8-19(31-3)22(16)32-4)17-13-15(25)9-10-18(17)28(23)24/h6-10,13-14,20-21H,11-12H2,1-5H3/t20-,21-/m0/s1.